The number of carbonyl (C=O) groups is 1. The summed E-state index contributed by atoms with van der Waals surface area (Å²) in [5.74, 6) is -2.05. The van der Waals surface area contributed by atoms with Crippen LogP contribution in [0.25, 0.3) is 0 Å². The van der Waals surface area contributed by atoms with Crippen molar-refractivity contribution in [2.75, 3.05) is 0 Å². The minimum absolute atomic E-state index is 0.0127. The third-order valence-electron chi connectivity index (χ3n) is 3.85. The Morgan fingerprint density at radius 1 is 1.21 bits per heavy atom. The zero-order valence-electron chi connectivity index (χ0n) is 12.5. The van der Waals surface area contributed by atoms with E-state index in [0.717, 1.165) is 0 Å². The largest absolute Gasteiger partial charge is 0.305 e. The summed E-state index contributed by atoms with van der Waals surface area (Å²) in [6.07, 6.45) is 1.72. The SMILES string of the molecule is CC(C)N[C@@H](CC1CCC(F)(F)CC1)C(=O)C(C)C. The third kappa shape index (κ3) is 5.55. The molecule has 0 aromatic heterocycles. The van der Waals surface area contributed by atoms with Gasteiger partial charge in [0.2, 0.25) is 5.92 Å². The van der Waals surface area contributed by atoms with Gasteiger partial charge in [0.05, 0.1) is 6.04 Å². The Kier molecular flexibility index (Phi) is 5.90. The number of hydrogen-bond donors (Lipinski definition) is 1. The van der Waals surface area contributed by atoms with E-state index in [-0.39, 0.29) is 42.5 Å². The van der Waals surface area contributed by atoms with E-state index in [1.165, 1.54) is 0 Å². The van der Waals surface area contributed by atoms with Gasteiger partial charge in [-0.05, 0) is 25.2 Å². The van der Waals surface area contributed by atoms with Crippen LogP contribution in [-0.4, -0.2) is 23.8 Å². The van der Waals surface area contributed by atoms with Crippen molar-refractivity contribution in [2.24, 2.45) is 11.8 Å². The maximum absolute atomic E-state index is 13.1. The van der Waals surface area contributed by atoms with Crippen LogP contribution in [0.15, 0.2) is 0 Å². The highest BCUT2D eigenvalue weighted by atomic mass is 19.3. The Balaban J connectivity index is 2.55. The first-order chi connectivity index (χ1) is 8.71. The number of nitrogens with one attached hydrogen (secondary N) is 1. The Morgan fingerprint density at radius 2 is 1.74 bits per heavy atom. The molecule has 0 unspecified atom stereocenters. The van der Waals surface area contributed by atoms with E-state index in [1.54, 1.807) is 0 Å². The van der Waals surface area contributed by atoms with Crippen molar-refractivity contribution in [1.82, 2.24) is 5.32 Å². The molecular weight excluding hydrogens is 248 g/mol. The molecule has 0 aromatic carbocycles. The smallest absolute Gasteiger partial charge is 0.248 e. The average Bonchev–Trinajstić information content (AvgIpc) is 2.29. The van der Waals surface area contributed by atoms with Gasteiger partial charge in [-0.15, -0.1) is 0 Å². The van der Waals surface area contributed by atoms with E-state index in [9.17, 15) is 13.6 Å². The highest BCUT2D eigenvalue weighted by molar-refractivity contribution is 5.85. The van der Waals surface area contributed by atoms with Gasteiger partial charge in [-0.3, -0.25) is 4.79 Å². The van der Waals surface area contributed by atoms with Crippen LogP contribution >= 0.6 is 0 Å². The van der Waals surface area contributed by atoms with Crippen LogP contribution < -0.4 is 5.32 Å². The lowest BCUT2D eigenvalue weighted by molar-refractivity contribution is -0.124. The number of Topliss-reactive ketones (excluding diaryl/α,β-unsaturated/α-hetero) is 1. The minimum Gasteiger partial charge on any atom is -0.305 e. The normalized spacial score (nSPS) is 21.9. The van der Waals surface area contributed by atoms with Crippen molar-refractivity contribution in [2.45, 2.75) is 77.8 Å². The topological polar surface area (TPSA) is 29.1 Å². The van der Waals surface area contributed by atoms with E-state index in [0.29, 0.717) is 19.3 Å². The number of hydrogen-bond acceptors (Lipinski definition) is 2. The fraction of sp³-hybridized carbons (Fsp3) is 0.933. The fourth-order valence-corrected chi connectivity index (χ4v) is 2.74. The number of carbonyl (C=O) groups excluding carboxylic acids is 1. The standard InChI is InChI=1S/C15H27F2NO/c1-10(2)14(19)13(18-11(3)4)9-12-5-7-15(16,17)8-6-12/h10-13,18H,5-9H2,1-4H3/t13-/m0/s1. The van der Waals surface area contributed by atoms with E-state index in [1.807, 2.05) is 27.7 Å². The van der Waals surface area contributed by atoms with Crippen molar-refractivity contribution in [3.63, 3.8) is 0 Å². The van der Waals surface area contributed by atoms with Crippen LogP contribution in [0, 0.1) is 11.8 Å². The molecule has 1 N–H and O–H groups in total. The summed E-state index contributed by atoms with van der Waals surface area (Å²) in [5, 5.41) is 3.29. The first-order valence-electron chi connectivity index (χ1n) is 7.39. The highest BCUT2D eigenvalue weighted by Crippen LogP contribution is 2.38. The molecule has 1 rings (SSSR count). The molecule has 1 fully saturated rings. The number of ketones is 1. The molecule has 1 aliphatic rings. The summed E-state index contributed by atoms with van der Waals surface area (Å²) in [6, 6.07) is 0.0504. The molecule has 0 bridgehead atoms. The molecule has 0 aliphatic heterocycles. The van der Waals surface area contributed by atoms with Gasteiger partial charge in [-0.1, -0.05) is 27.7 Å². The van der Waals surface area contributed by atoms with E-state index < -0.39 is 5.92 Å². The van der Waals surface area contributed by atoms with Crippen molar-refractivity contribution in [3.8, 4) is 0 Å². The lowest BCUT2D eigenvalue weighted by Crippen LogP contribution is -2.44. The lowest BCUT2D eigenvalue weighted by Gasteiger charge is -2.31. The number of rotatable bonds is 6. The van der Waals surface area contributed by atoms with Crippen molar-refractivity contribution in [3.05, 3.63) is 0 Å². The number of halogens is 2. The Hall–Kier alpha value is -0.510. The van der Waals surface area contributed by atoms with Crippen molar-refractivity contribution >= 4 is 5.78 Å². The molecule has 0 saturated heterocycles. The highest BCUT2D eigenvalue weighted by Gasteiger charge is 2.36. The Morgan fingerprint density at radius 3 is 2.16 bits per heavy atom. The molecule has 1 aliphatic carbocycles. The molecule has 112 valence electrons. The van der Waals surface area contributed by atoms with Crippen LogP contribution in [0.1, 0.15) is 59.8 Å². The zero-order valence-corrected chi connectivity index (χ0v) is 12.5. The molecule has 2 nitrogen and oxygen atoms in total. The predicted octanol–water partition coefficient (Wildman–Crippen LogP) is 3.79. The molecular formula is C15H27F2NO. The summed E-state index contributed by atoms with van der Waals surface area (Å²) in [6.45, 7) is 7.81. The van der Waals surface area contributed by atoms with Crippen LogP contribution in [0.5, 0.6) is 0 Å². The van der Waals surface area contributed by atoms with Gasteiger partial charge in [0.15, 0.2) is 5.78 Å². The quantitative estimate of drug-likeness (QED) is 0.799. The van der Waals surface area contributed by atoms with Gasteiger partial charge in [0.25, 0.3) is 0 Å². The predicted molar refractivity (Wildman–Crippen MR) is 73.4 cm³/mol. The maximum Gasteiger partial charge on any atom is 0.248 e. The minimum atomic E-state index is -2.49. The summed E-state index contributed by atoms with van der Waals surface area (Å²) in [5.41, 5.74) is 0. The Bertz CT molecular complexity index is 293. The summed E-state index contributed by atoms with van der Waals surface area (Å²) in [7, 11) is 0. The third-order valence-corrected chi connectivity index (χ3v) is 3.85. The molecule has 0 aromatic rings. The van der Waals surface area contributed by atoms with Crippen molar-refractivity contribution in [1.29, 1.82) is 0 Å². The molecule has 0 amide bonds. The van der Waals surface area contributed by atoms with Gasteiger partial charge < -0.3 is 5.32 Å². The van der Waals surface area contributed by atoms with E-state index >= 15 is 0 Å². The molecule has 0 radical (unpaired) electrons. The first-order valence-corrected chi connectivity index (χ1v) is 7.39. The van der Waals surface area contributed by atoms with Gasteiger partial charge in [0, 0.05) is 24.8 Å². The van der Waals surface area contributed by atoms with Gasteiger partial charge in [-0.2, -0.15) is 0 Å². The summed E-state index contributed by atoms with van der Waals surface area (Å²) in [4.78, 5) is 12.2. The number of alkyl halides is 2. The summed E-state index contributed by atoms with van der Waals surface area (Å²) < 4.78 is 26.3. The van der Waals surface area contributed by atoms with Crippen LogP contribution in [0.3, 0.4) is 0 Å². The second-order valence-corrected chi connectivity index (χ2v) is 6.47. The van der Waals surface area contributed by atoms with Crippen LogP contribution in [0.4, 0.5) is 8.78 Å². The molecule has 4 heteroatoms. The van der Waals surface area contributed by atoms with Crippen LogP contribution in [-0.2, 0) is 4.79 Å². The Labute approximate surface area is 115 Å². The van der Waals surface area contributed by atoms with E-state index in [4.69, 9.17) is 0 Å². The fourth-order valence-electron chi connectivity index (χ4n) is 2.74. The molecule has 1 saturated carbocycles. The first kappa shape index (κ1) is 16.5. The van der Waals surface area contributed by atoms with Gasteiger partial charge in [-0.25, -0.2) is 8.78 Å². The zero-order chi connectivity index (χ0) is 14.6. The van der Waals surface area contributed by atoms with E-state index in [2.05, 4.69) is 5.32 Å². The maximum atomic E-state index is 13.1. The van der Waals surface area contributed by atoms with Crippen LogP contribution in [0.2, 0.25) is 0 Å². The second kappa shape index (κ2) is 6.78. The molecule has 0 spiro atoms. The monoisotopic (exact) mass is 275 g/mol. The molecule has 19 heavy (non-hydrogen) atoms. The average molecular weight is 275 g/mol. The second-order valence-electron chi connectivity index (χ2n) is 6.47. The molecule has 1 atom stereocenters. The summed E-state index contributed by atoms with van der Waals surface area (Å²) >= 11 is 0. The van der Waals surface area contributed by atoms with Gasteiger partial charge >= 0.3 is 0 Å². The van der Waals surface area contributed by atoms with Gasteiger partial charge in [0.1, 0.15) is 0 Å². The molecule has 0 heterocycles. The lowest BCUT2D eigenvalue weighted by atomic mass is 9.81. The van der Waals surface area contributed by atoms with Crippen molar-refractivity contribution < 1.29 is 13.6 Å².